The van der Waals surface area contributed by atoms with E-state index in [-0.39, 0.29) is 17.3 Å². The van der Waals surface area contributed by atoms with Crippen molar-refractivity contribution in [1.29, 1.82) is 0 Å². The molecular formula is C20H27NO4S. The van der Waals surface area contributed by atoms with E-state index in [1.54, 1.807) is 45.0 Å². The van der Waals surface area contributed by atoms with Crippen LogP contribution >= 0.6 is 0 Å². The molecule has 26 heavy (non-hydrogen) atoms. The third-order valence-corrected chi connectivity index (χ3v) is 6.32. The molecule has 0 fully saturated rings. The van der Waals surface area contributed by atoms with E-state index in [9.17, 15) is 13.2 Å². The molecule has 1 N–H and O–H groups in total. The quantitative estimate of drug-likeness (QED) is 0.823. The van der Waals surface area contributed by atoms with Gasteiger partial charge in [-0.15, -0.1) is 0 Å². The van der Waals surface area contributed by atoms with Crippen molar-refractivity contribution in [2.45, 2.75) is 50.7 Å². The number of hydrogen-bond donors (Lipinski definition) is 1. The van der Waals surface area contributed by atoms with Crippen molar-refractivity contribution in [3.05, 3.63) is 54.0 Å². The Bertz CT molecular complexity index is 829. The van der Waals surface area contributed by atoms with Gasteiger partial charge in [0.2, 0.25) is 5.91 Å². The van der Waals surface area contributed by atoms with E-state index >= 15 is 0 Å². The van der Waals surface area contributed by atoms with Crippen LogP contribution in [-0.4, -0.2) is 20.9 Å². The molecule has 0 saturated heterocycles. The maximum absolute atomic E-state index is 13.2. The van der Waals surface area contributed by atoms with Gasteiger partial charge in [-0.1, -0.05) is 46.8 Å². The molecule has 2 rings (SSSR count). The van der Waals surface area contributed by atoms with E-state index in [0.717, 1.165) is 5.56 Å². The van der Waals surface area contributed by atoms with E-state index in [1.807, 2.05) is 12.1 Å². The van der Waals surface area contributed by atoms with Crippen molar-refractivity contribution < 1.29 is 17.6 Å². The first-order valence-electron chi connectivity index (χ1n) is 8.69. The zero-order chi connectivity index (χ0) is 19.5. The fourth-order valence-corrected chi connectivity index (χ4v) is 4.08. The fraction of sp³-hybridized carbons (Fsp3) is 0.450. The Morgan fingerprint density at radius 1 is 1.12 bits per heavy atom. The molecule has 0 bridgehead atoms. The van der Waals surface area contributed by atoms with E-state index in [0.29, 0.717) is 11.7 Å². The highest BCUT2D eigenvalue weighted by Gasteiger charge is 2.33. The number of amides is 1. The third kappa shape index (κ3) is 4.55. The van der Waals surface area contributed by atoms with Crippen LogP contribution in [0, 0.1) is 5.41 Å². The van der Waals surface area contributed by atoms with Crippen molar-refractivity contribution in [1.82, 2.24) is 5.32 Å². The molecule has 0 aliphatic carbocycles. The molecule has 142 valence electrons. The number of hydrogen-bond acceptors (Lipinski definition) is 4. The molecule has 0 unspecified atom stereocenters. The number of benzene rings is 1. The number of furan rings is 1. The summed E-state index contributed by atoms with van der Waals surface area (Å²) in [6, 6.07) is 10.1. The molecule has 5 nitrogen and oxygen atoms in total. The molecule has 1 atom stereocenters. The average Bonchev–Trinajstić information content (AvgIpc) is 3.08. The van der Waals surface area contributed by atoms with Crippen molar-refractivity contribution in [2.75, 3.05) is 6.54 Å². The third-order valence-electron chi connectivity index (χ3n) is 4.24. The minimum Gasteiger partial charge on any atom is -0.468 e. The van der Waals surface area contributed by atoms with Crippen molar-refractivity contribution in [3.63, 3.8) is 0 Å². The highest BCUT2D eigenvalue weighted by Crippen LogP contribution is 2.30. The zero-order valence-electron chi connectivity index (χ0n) is 15.9. The Morgan fingerprint density at radius 3 is 2.19 bits per heavy atom. The summed E-state index contributed by atoms with van der Waals surface area (Å²) in [6.07, 6.45) is 1.44. The summed E-state index contributed by atoms with van der Waals surface area (Å²) < 4.78 is 31.7. The number of carbonyl (C=O) groups is 1. The molecule has 0 aliphatic heterocycles. The summed E-state index contributed by atoms with van der Waals surface area (Å²) in [5.74, 6) is 0.422. The largest absolute Gasteiger partial charge is 0.468 e. The van der Waals surface area contributed by atoms with E-state index in [4.69, 9.17) is 4.42 Å². The van der Waals surface area contributed by atoms with Gasteiger partial charge in [-0.05, 0) is 35.7 Å². The maximum Gasteiger partial charge on any atom is 0.225 e. The predicted octanol–water partition coefficient (Wildman–Crippen LogP) is 4.08. The van der Waals surface area contributed by atoms with Crippen molar-refractivity contribution >= 4 is 15.7 Å². The Kier molecular flexibility index (Phi) is 5.96. The van der Waals surface area contributed by atoms with Crippen LogP contribution in [0.25, 0.3) is 0 Å². The Hall–Kier alpha value is -2.08. The second-order valence-electron chi connectivity index (χ2n) is 7.73. The Morgan fingerprint density at radius 2 is 1.73 bits per heavy atom. The first-order valence-corrected chi connectivity index (χ1v) is 10.2. The van der Waals surface area contributed by atoms with E-state index in [2.05, 4.69) is 19.2 Å². The summed E-state index contributed by atoms with van der Waals surface area (Å²) >= 11 is 0. The van der Waals surface area contributed by atoms with Gasteiger partial charge in [0.15, 0.2) is 9.84 Å². The zero-order valence-corrected chi connectivity index (χ0v) is 16.8. The smallest absolute Gasteiger partial charge is 0.225 e. The SMILES string of the molecule is CC(C)c1ccc(S(=O)(=O)[C@H](CNC(=O)C(C)(C)C)c2ccco2)cc1. The lowest BCUT2D eigenvalue weighted by Crippen LogP contribution is -2.38. The number of rotatable bonds is 6. The lowest BCUT2D eigenvalue weighted by atomic mass is 9.96. The van der Waals surface area contributed by atoms with Gasteiger partial charge in [-0.2, -0.15) is 0 Å². The van der Waals surface area contributed by atoms with Gasteiger partial charge in [-0.25, -0.2) is 8.42 Å². The summed E-state index contributed by atoms with van der Waals surface area (Å²) in [5, 5.41) is 1.76. The highest BCUT2D eigenvalue weighted by molar-refractivity contribution is 7.91. The standard InChI is InChI=1S/C20H27NO4S/c1-14(2)15-8-10-16(11-9-15)26(23,24)18(17-7-6-12-25-17)13-21-19(22)20(3,4)5/h6-12,14,18H,13H2,1-5H3,(H,21,22)/t18-/m1/s1. The van der Waals surface area contributed by atoms with Gasteiger partial charge in [0.25, 0.3) is 0 Å². The normalized spacial score (nSPS) is 13.6. The van der Waals surface area contributed by atoms with Gasteiger partial charge in [-0.3, -0.25) is 4.79 Å². The maximum atomic E-state index is 13.2. The predicted molar refractivity (Wildman–Crippen MR) is 102 cm³/mol. The van der Waals surface area contributed by atoms with E-state index < -0.39 is 20.5 Å². The van der Waals surface area contributed by atoms with Crippen LogP contribution in [0.15, 0.2) is 52.0 Å². The minimum absolute atomic E-state index is 0.0438. The van der Waals surface area contributed by atoms with Crippen LogP contribution in [0.3, 0.4) is 0 Å². The van der Waals surface area contributed by atoms with Gasteiger partial charge < -0.3 is 9.73 Å². The van der Waals surface area contributed by atoms with Crippen LogP contribution in [-0.2, 0) is 14.6 Å². The summed E-state index contributed by atoms with van der Waals surface area (Å²) in [7, 11) is -3.72. The van der Waals surface area contributed by atoms with Crippen molar-refractivity contribution in [2.24, 2.45) is 5.41 Å². The van der Waals surface area contributed by atoms with Crippen LogP contribution in [0.2, 0.25) is 0 Å². The molecule has 2 aromatic rings. The second-order valence-corrected chi connectivity index (χ2v) is 9.86. The summed E-state index contributed by atoms with van der Waals surface area (Å²) in [5.41, 5.74) is 0.468. The van der Waals surface area contributed by atoms with Crippen LogP contribution in [0.4, 0.5) is 0 Å². The fourth-order valence-electron chi connectivity index (χ4n) is 2.49. The van der Waals surface area contributed by atoms with Gasteiger partial charge in [0.05, 0.1) is 11.2 Å². The molecule has 1 amide bonds. The first kappa shape index (κ1) is 20.2. The second kappa shape index (κ2) is 7.66. The molecule has 1 aromatic carbocycles. The van der Waals surface area contributed by atoms with E-state index in [1.165, 1.54) is 6.26 Å². The summed E-state index contributed by atoms with van der Waals surface area (Å²) in [6.45, 7) is 9.41. The molecule has 0 spiro atoms. The van der Waals surface area contributed by atoms with Gasteiger partial charge in [0.1, 0.15) is 11.0 Å². The van der Waals surface area contributed by atoms with Gasteiger partial charge in [0, 0.05) is 12.0 Å². The molecule has 1 heterocycles. The monoisotopic (exact) mass is 377 g/mol. The molecule has 6 heteroatoms. The van der Waals surface area contributed by atoms with Crippen LogP contribution in [0.1, 0.15) is 57.1 Å². The molecule has 0 radical (unpaired) electrons. The van der Waals surface area contributed by atoms with Gasteiger partial charge >= 0.3 is 0 Å². The molecule has 0 saturated carbocycles. The van der Waals surface area contributed by atoms with Crippen molar-refractivity contribution in [3.8, 4) is 0 Å². The van der Waals surface area contributed by atoms with Crippen LogP contribution < -0.4 is 5.32 Å². The number of carbonyl (C=O) groups excluding carboxylic acids is 1. The first-order chi connectivity index (χ1) is 12.0. The lowest BCUT2D eigenvalue weighted by Gasteiger charge is -2.21. The highest BCUT2D eigenvalue weighted by atomic mass is 32.2. The minimum atomic E-state index is -3.72. The summed E-state index contributed by atoms with van der Waals surface area (Å²) in [4.78, 5) is 12.4. The topological polar surface area (TPSA) is 76.4 Å². The lowest BCUT2D eigenvalue weighted by molar-refractivity contribution is -0.128. The Balaban J connectivity index is 2.33. The van der Waals surface area contributed by atoms with Crippen LogP contribution in [0.5, 0.6) is 0 Å². The molecule has 1 aromatic heterocycles. The average molecular weight is 378 g/mol. The molecule has 0 aliphatic rings. The number of nitrogens with one attached hydrogen (secondary N) is 1. The molecular weight excluding hydrogens is 350 g/mol. The number of sulfone groups is 1. The Labute approximate surface area is 155 Å².